The van der Waals surface area contributed by atoms with E-state index < -0.39 is 12.8 Å². The van der Waals surface area contributed by atoms with E-state index in [4.69, 9.17) is 11.6 Å². The molecular weight excluding hydrogens is 295 g/mol. The molecule has 0 radical (unpaired) electrons. The molecule has 0 saturated carbocycles. The van der Waals surface area contributed by atoms with E-state index >= 15 is 0 Å². The lowest BCUT2D eigenvalue weighted by Gasteiger charge is -2.12. The van der Waals surface area contributed by atoms with Crippen LogP contribution in [-0.2, 0) is 11.3 Å². The first-order valence-corrected chi connectivity index (χ1v) is 6.41. The molecule has 0 aliphatic carbocycles. The van der Waals surface area contributed by atoms with Gasteiger partial charge in [0.15, 0.2) is 0 Å². The van der Waals surface area contributed by atoms with E-state index in [1.807, 2.05) is 0 Å². The van der Waals surface area contributed by atoms with Crippen molar-refractivity contribution in [3.8, 4) is 0 Å². The number of hydrogen-bond acceptors (Lipinski definition) is 3. The number of pyridine rings is 1. The van der Waals surface area contributed by atoms with Crippen LogP contribution in [-0.4, -0.2) is 33.9 Å². The van der Waals surface area contributed by atoms with Crippen molar-refractivity contribution in [3.05, 3.63) is 24.3 Å². The highest BCUT2D eigenvalue weighted by Gasteiger charge is 2.27. The van der Waals surface area contributed by atoms with Gasteiger partial charge in [0.2, 0.25) is 0 Å². The highest BCUT2D eigenvalue weighted by molar-refractivity contribution is 6.20. The van der Waals surface area contributed by atoms with Crippen LogP contribution in [0.3, 0.4) is 0 Å². The first kappa shape index (κ1) is 15.1. The highest BCUT2D eigenvalue weighted by atomic mass is 35.5. The van der Waals surface area contributed by atoms with Gasteiger partial charge in [-0.2, -0.15) is 13.2 Å². The number of aromatic nitrogens is 3. The Morgan fingerprint density at radius 1 is 1.45 bits per heavy atom. The van der Waals surface area contributed by atoms with Gasteiger partial charge in [0.05, 0.1) is 23.7 Å². The maximum atomic E-state index is 12.0. The van der Waals surface area contributed by atoms with E-state index in [0.717, 1.165) is 5.52 Å². The summed E-state index contributed by atoms with van der Waals surface area (Å²) in [7, 11) is 0. The van der Waals surface area contributed by atoms with Gasteiger partial charge in [0.25, 0.3) is 0 Å². The third-order valence-corrected chi connectivity index (χ3v) is 2.86. The fourth-order valence-corrected chi connectivity index (χ4v) is 2.05. The summed E-state index contributed by atoms with van der Waals surface area (Å²) in [4.78, 5) is 8.29. The lowest BCUT2D eigenvalue weighted by molar-refractivity contribution is -0.174. The second kappa shape index (κ2) is 5.97. The topological polar surface area (TPSA) is 39.9 Å². The van der Waals surface area contributed by atoms with Crippen LogP contribution in [0.25, 0.3) is 11.0 Å². The van der Waals surface area contributed by atoms with Crippen molar-refractivity contribution in [2.75, 3.05) is 13.2 Å². The van der Waals surface area contributed by atoms with Gasteiger partial charge in [0.1, 0.15) is 17.9 Å². The van der Waals surface area contributed by atoms with Gasteiger partial charge < -0.3 is 9.30 Å². The number of imidazole rings is 1. The average molecular weight is 308 g/mol. The van der Waals surface area contributed by atoms with Gasteiger partial charge >= 0.3 is 6.18 Å². The summed E-state index contributed by atoms with van der Waals surface area (Å²) in [6.07, 6.45) is -1.13. The summed E-state index contributed by atoms with van der Waals surface area (Å²) < 4.78 is 42.4. The number of rotatable bonds is 5. The molecule has 8 heteroatoms. The zero-order chi connectivity index (χ0) is 14.8. The van der Waals surface area contributed by atoms with Crippen molar-refractivity contribution >= 4 is 22.6 Å². The number of alkyl halides is 4. The summed E-state index contributed by atoms with van der Waals surface area (Å²) in [5.41, 5.74) is 1.43. The smallest absolute Gasteiger partial charge is 0.370 e. The molecule has 0 amide bonds. The summed E-state index contributed by atoms with van der Waals surface area (Å²) >= 11 is 6.04. The molecule has 2 aromatic rings. The van der Waals surface area contributed by atoms with E-state index in [0.29, 0.717) is 11.3 Å². The van der Waals surface area contributed by atoms with Crippen LogP contribution >= 0.6 is 11.6 Å². The Morgan fingerprint density at radius 2 is 2.20 bits per heavy atom. The molecule has 1 unspecified atom stereocenters. The number of ether oxygens (including phenoxy) is 1. The van der Waals surface area contributed by atoms with Gasteiger partial charge in [-0.3, -0.25) is 4.98 Å². The first-order chi connectivity index (χ1) is 9.38. The molecule has 0 aliphatic heterocycles. The lowest BCUT2D eigenvalue weighted by Crippen LogP contribution is -2.19. The predicted molar refractivity (Wildman–Crippen MR) is 68.7 cm³/mol. The molecule has 1 atom stereocenters. The Labute approximate surface area is 118 Å². The van der Waals surface area contributed by atoms with Gasteiger partial charge in [0, 0.05) is 12.7 Å². The molecule has 0 bridgehead atoms. The van der Waals surface area contributed by atoms with Crippen molar-refractivity contribution in [2.24, 2.45) is 0 Å². The Morgan fingerprint density at radius 3 is 2.85 bits per heavy atom. The molecule has 110 valence electrons. The fourth-order valence-electron chi connectivity index (χ4n) is 1.88. The Bertz CT molecular complexity index is 583. The lowest BCUT2D eigenvalue weighted by atomic mass is 10.4. The van der Waals surface area contributed by atoms with E-state index in [1.165, 1.54) is 0 Å². The van der Waals surface area contributed by atoms with Gasteiger partial charge in [-0.25, -0.2) is 4.98 Å². The third kappa shape index (κ3) is 3.61. The normalized spacial score (nSPS) is 13.8. The standard InChI is InChI=1S/C12H13ClF3N3O/c1-8(13)11-18-9-6-17-3-2-10(9)19(11)4-5-20-7-12(14,15)16/h2-3,6,8H,4-5,7H2,1H3. The van der Waals surface area contributed by atoms with Crippen molar-refractivity contribution in [1.29, 1.82) is 0 Å². The summed E-state index contributed by atoms with van der Waals surface area (Å²) in [5, 5.41) is -0.356. The van der Waals surface area contributed by atoms with Crippen molar-refractivity contribution in [1.82, 2.24) is 14.5 Å². The molecule has 2 rings (SSSR count). The minimum atomic E-state index is -4.32. The largest absolute Gasteiger partial charge is 0.411 e. The molecule has 0 spiro atoms. The zero-order valence-corrected chi connectivity index (χ0v) is 11.4. The molecule has 20 heavy (non-hydrogen) atoms. The quantitative estimate of drug-likeness (QED) is 0.628. The Balaban J connectivity index is 2.13. The zero-order valence-electron chi connectivity index (χ0n) is 10.7. The van der Waals surface area contributed by atoms with E-state index in [9.17, 15) is 13.2 Å². The van der Waals surface area contributed by atoms with Crippen LogP contribution in [0.5, 0.6) is 0 Å². The fraction of sp³-hybridized carbons (Fsp3) is 0.500. The van der Waals surface area contributed by atoms with Crippen LogP contribution in [0.1, 0.15) is 18.1 Å². The minimum Gasteiger partial charge on any atom is -0.370 e. The third-order valence-electron chi connectivity index (χ3n) is 2.66. The maximum absolute atomic E-state index is 12.0. The highest BCUT2D eigenvalue weighted by Crippen LogP contribution is 2.24. The Kier molecular flexibility index (Phi) is 4.49. The monoisotopic (exact) mass is 307 g/mol. The molecule has 0 aliphatic rings. The number of hydrogen-bond donors (Lipinski definition) is 0. The molecule has 2 aromatic heterocycles. The van der Waals surface area contributed by atoms with E-state index in [2.05, 4.69) is 14.7 Å². The number of fused-ring (bicyclic) bond motifs is 1. The van der Waals surface area contributed by atoms with E-state index in [1.54, 1.807) is 30.0 Å². The summed E-state index contributed by atoms with van der Waals surface area (Å²) in [6, 6.07) is 1.74. The van der Waals surface area contributed by atoms with E-state index in [-0.39, 0.29) is 18.5 Å². The predicted octanol–water partition coefficient (Wildman–Crippen LogP) is 3.31. The van der Waals surface area contributed by atoms with Crippen LogP contribution in [0.2, 0.25) is 0 Å². The number of nitrogens with zero attached hydrogens (tertiary/aromatic N) is 3. The maximum Gasteiger partial charge on any atom is 0.411 e. The van der Waals surface area contributed by atoms with Crippen LogP contribution < -0.4 is 0 Å². The van der Waals surface area contributed by atoms with Gasteiger partial charge in [-0.05, 0) is 13.0 Å². The van der Waals surface area contributed by atoms with Crippen molar-refractivity contribution < 1.29 is 17.9 Å². The second-order valence-electron chi connectivity index (χ2n) is 4.27. The average Bonchev–Trinajstić information content (AvgIpc) is 2.72. The molecule has 4 nitrogen and oxygen atoms in total. The number of halogens is 4. The molecule has 0 N–H and O–H groups in total. The summed E-state index contributed by atoms with van der Waals surface area (Å²) in [6.45, 7) is 0.684. The van der Waals surface area contributed by atoms with Crippen LogP contribution in [0.15, 0.2) is 18.5 Å². The second-order valence-corrected chi connectivity index (χ2v) is 4.92. The minimum absolute atomic E-state index is 0.0656. The Hall–Kier alpha value is -1.34. The van der Waals surface area contributed by atoms with Crippen molar-refractivity contribution in [3.63, 3.8) is 0 Å². The molecule has 2 heterocycles. The van der Waals surface area contributed by atoms with Crippen LogP contribution in [0, 0.1) is 0 Å². The van der Waals surface area contributed by atoms with Crippen LogP contribution in [0.4, 0.5) is 13.2 Å². The summed E-state index contributed by atoms with van der Waals surface area (Å²) in [5.74, 6) is 0.588. The molecule has 0 saturated heterocycles. The first-order valence-electron chi connectivity index (χ1n) is 5.97. The molecule has 0 aromatic carbocycles. The SMILES string of the molecule is CC(Cl)c1nc2cnccc2n1CCOCC(F)(F)F. The molecule has 0 fully saturated rings. The van der Waals surface area contributed by atoms with Gasteiger partial charge in [-0.15, -0.1) is 11.6 Å². The molecular formula is C12H13ClF3N3O. The van der Waals surface area contributed by atoms with Gasteiger partial charge in [-0.1, -0.05) is 0 Å². The van der Waals surface area contributed by atoms with Crippen molar-refractivity contribution in [2.45, 2.75) is 25.0 Å².